The van der Waals surface area contributed by atoms with Crippen molar-refractivity contribution in [2.75, 3.05) is 18.1 Å². The molecule has 0 bridgehead atoms. The second-order valence-electron chi connectivity index (χ2n) is 7.94. The second-order valence-corrected chi connectivity index (χ2v) is 8.37. The third kappa shape index (κ3) is 5.97. The molecule has 2 aromatic carbocycles. The Bertz CT molecular complexity index is 1110. The minimum absolute atomic E-state index is 0.172. The summed E-state index contributed by atoms with van der Waals surface area (Å²) < 4.78 is 11.6. The summed E-state index contributed by atoms with van der Waals surface area (Å²) in [6.45, 7) is 6.79. The van der Waals surface area contributed by atoms with E-state index >= 15 is 0 Å². The van der Waals surface area contributed by atoms with Crippen LogP contribution >= 0.6 is 11.6 Å². The largest absolute Gasteiger partial charge is 0.490 e. The average molecular weight is 485 g/mol. The van der Waals surface area contributed by atoms with E-state index in [1.807, 2.05) is 6.92 Å². The van der Waals surface area contributed by atoms with Gasteiger partial charge in [-0.1, -0.05) is 49.9 Å². The van der Waals surface area contributed by atoms with Crippen LogP contribution in [-0.4, -0.2) is 31.1 Å². The van der Waals surface area contributed by atoms with E-state index in [0.717, 1.165) is 24.2 Å². The molecule has 1 aliphatic rings. The Morgan fingerprint density at radius 1 is 0.971 bits per heavy atom. The molecule has 34 heavy (non-hydrogen) atoms. The number of hydrogen-bond donors (Lipinski definition) is 1. The van der Waals surface area contributed by atoms with Crippen LogP contribution in [0.5, 0.6) is 11.5 Å². The van der Waals surface area contributed by atoms with Crippen molar-refractivity contribution in [3.63, 3.8) is 0 Å². The van der Waals surface area contributed by atoms with Crippen molar-refractivity contribution in [2.24, 2.45) is 0 Å². The van der Waals surface area contributed by atoms with Crippen LogP contribution in [-0.2, 0) is 9.59 Å². The number of benzene rings is 2. The van der Waals surface area contributed by atoms with Crippen LogP contribution in [0.25, 0.3) is 6.08 Å². The lowest BCUT2D eigenvalue weighted by molar-refractivity contribution is -0.122. The molecular weight excluding hydrogens is 456 g/mol. The molecule has 4 amide bonds. The summed E-state index contributed by atoms with van der Waals surface area (Å²) in [6.07, 6.45) is 5.80. The lowest BCUT2D eigenvalue weighted by atomic mass is 10.1. The molecule has 3 rings (SSSR count). The minimum Gasteiger partial charge on any atom is -0.490 e. The van der Waals surface area contributed by atoms with Gasteiger partial charge in [0.25, 0.3) is 11.8 Å². The third-order valence-corrected chi connectivity index (χ3v) is 5.58. The van der Waals surface area contributed by atoms with Gasteiger partial charge in [0.1, 0.15) is 5.57 Å². The summed E-state index contributed by atoms with van der Waals surface area (Å²) in [5.41, 5.74) is 1.38. The van der Waals surface area contributed by atoms with Crippen LogP contribution in [0, 0.1) is 6.92 Å². The van der Waals surface area contributed by atoms with Gasteiger partial charge in [0.2, 0.25) is 0 Å². The molecule has 0 aromatic heterocycles. The first-order chi connectivity index (χ1) is 16.3. The Hall–Kier alpha value is -3.32. The molecule has 8 heteroatoms. The van der Waals surface area contributed by atoms with Gasteiger partial charge in [0, 0.05) is 5.02 Å². The first-order valence-corrected chi connectivity index (χ1v) is 11.8. The molecule has 7 nitrogen and oxygen atoms in total. The maximum atomic E-state index is 13.2. The number of anilines is 1. The Balaban J connectivity index is 1.88. The van der Waals surface area contributed by atoms with Gasteiger partial charge >= 0.3 is 6.03 Å². The molecule has 0 spiro atoms. The highest BCUT2D eigenvalue weighted by molar-refractivity contribution is 6.39. The van der Waals surface area contributed by atoms with Crippen LogP contribution in [0.4, 0.5) is 10.5 Å². The lowest BCUT2D eigenvalue weighted by Gasteiger charge is -2.27. The standard InChI is InChI=1S/C26H29ClN2O5/c1-4-6-7-8-13-34-22-12-10-18(15-23(22)33-5-2)14-20-24(30)28-26(32)29(25(20)31)21-16-19(27)11-9-17(21)3/h9-12,14-16H,4-8,13H2,1-3H3,(H,28,30,32). The fourth-order valence-corrected chi connectivity index (χ4v) is 3.75. The summed E-state index contributed by atoms with van der Waals surface area (Å²) in [4.78, 5) is 39.1. The van der Waals surface area contributed by atoms with Crippen LogP contribution in [0.1, 0.15) is 50.7 Å². The van der Waals surface area contributed by atoms with E-state index in [9.17, 15) is 14.4 Å². The van der Waals surface area contributed by atoms with E-state index in [1.54, 1.807) is 37.3 Å². The van der Waals surface area contributed by atoms with Gasteiger partial charge in [-0.2, -0.15) is 0 Å². The van der Waals surface area contributed by atoms with Gasteiger partial charge in [-0.3, -0.25) is 14.9 Å². The number of rotatable bonds is 10. The quantitative estimate of drug-likeness (QED) is 0.266. The monoisotopic (exact) mass is 484 g/mol. The molecule has 0 unspecified atom stereocenters. The zero-order chi connectivity index (χ0) is 24.7. The second kappa shape index (κ2) is 11.7. The number of imide groups is 2. The third-order valence-electron chi connectivity index (χ3n) is 5.35. The topological polar surface area (TPSA) is 84.9 Å². The molecule has 180 valence electrons. The smallest absolute Gasteiger partial charge is 0.335 e. The molecule has 1 N–H and O–H groups in total. The highest BCUT2D eigenvalue weighted by Crippen LogP contribution is 2.31. The van der Waals surface area contributed by atoms with Crippen molar-refractivity contribution in [2.45, 2.75) is 46.5 Å². The first-order valence-electron chi connectivity index (χ1n) is 11.4. The normalized spacial score (nSPS) is 15.0. The van der Waals surface area contributed by atoms with Crippen LogP contribution < -0.4 is 19.7 Å². The molecular formula is C26H29ClN2O5. The molecule has 0 aliphatic carbocycles. The molecule has 0 radical (unpaired) electrons. The Labute approximate surface area is 204 Å². The summed E-state index contributed by atoms with van der Waals surface area (Å²) in [5.74, 6) is -0.366. The predicted octanol–water partition coefficient (Wildman–Crippen LogP) is 5.67. The van der Waals surface area contributed by atoms with E-state index in [-0.39, 0.29) is 5.57 Å². The number of barbiturate groups is 1. The number of nitrogens with zero attached hydrogens (tertiary/aromatic N) is 1. The Morgan fingerprint density at radius 2 is 1.76 bits per heavy atom. The van der Waals surface area contributed by atoms with Crippen LogP contribution in [0.2, 0.25) is 5.02 Å². The molecule has 1 heterocycles. The molecule has 0 atom stereocenters. The van der Waals surface area contributed by atoms with Gasteiger partial charge in [0.05, 0.1) is 18.9 Å². The van der Waals surface area contributed by atoms with Gasteiger partial charge in [-0.25, -0.2) is 9.69 Å². The van der Waals surface area contributed by atoms with Crippen LogP contribution in [0.15, 0.2) is 42.0 Å². The molecule has 1 saturated heterocycles. The maximum Gasteiger partial charge on any atom is 0.335 e. The van der Waals surface area contributed by atoms with Gasteiger partial charge in [0.15, 0.2) is 11.5 Å². The number of carbonyl (C=O) groups is 3. The number of amides is 4. The van der Waals surface area contributed by atoms with E-state index in [4.69, 9.17) is 21.1 Å². The highest BCUT2D eigenvalue weighted by atomic mass is 35.5. The molecule has 1 fully saturated rings. The first kappa shape index (κ1) is 25.3. The van der Waals surface area contributed by atoms with Gasteiger partial charge in [-0.05, 0) is 61.7 Å². The number of halogens is 1. The molecule has 0 saturated carbocycles. The van der Waals surface area contributed by atoms with Gasteiger partial charge < -0.3 is 9.47 Å². The summed E-state index contributed by atoms with van der Waals surface area (Å²) in [7, 11) is 0. The van der Waals surface area contributed by atoms with Crippen molar-refractivity contribution in [3.8, 4) is 11.5 Å². The van der Waals surface area contributed by atoms with Crippen LogP contribution in [0.3, 0.4) is 0 Å². The van der Waals surface area contributed by atoms with Gasteiger partial charge in [-0.15, -0.1) is 0 Å². The number of ether oxygens (including phenoxy) is 2. The SMILES string of the molecule is CCCCCCOc1ccc(C=C2C(=O)NC(=O)N(c3cc(Cl)ccc3C)C2=O)cc1OCC. The Kier molecular flexibility index (Phi) is 8.71. The van der Waals surface area contributed by atoms with E-state index in [2.05, 4.69) is 12.2 Å². The zero-order valence-electron chi connectivity index (χ0n) is 19.7. The van der Waals surface area contributed by atoms with E-state index in [1.165, 1.54) is 18.6 Å². The lowest BCUT2D eigenvalue weighted by Crippen LogP contribution is -2.54. The summed E-state index contributed by atoms with van der Waals surface area (Å²) in [6, 6.07) is 9.27. The zero-order valence-corrected chi connectivity index (χ0v) is 20.4. The van der Waals surface area contributed by atoms with E-state index < -0.39 is 17.8 Å². The summed E-state index contributed by atoms with van der Waals surface area (Å²) in [5, 5.41) is 2.60. The average Bonchev–Trinajstić information content (AvgIpc) is 2.80. The van der Waals surface area contributed by atoms with E-state index in [0.29, 0.717) is 46.5 Å². The fourth-order valence-electron chi connectivity index (χ4n) is 3.58. The summed E-state index contributed by atoms with van der Waals surface area (Å²) >= 11 is 6.07. The Morgan fingerprint density at radius 3 is 2.50 bits per heavy atom. The van der Waals surface area contributed by atoms with Crippen molar-refractivity contribution < 1.29 is 23.9 Å². The minimum atomic E-state index is -0.820. The van der Waals surface area contributed by atoms with Crippen molar-refractivity contribution >= 4 is 41.2 Å². The molecule has 2 aromatic rings. The molecule has 1 aliphatic heterocycles. The number of urea groups is 1. The van der Waals surface area contributed by atoms with Crippen molar-refractivity contribution in [1.29, 1.82) is 0 Å². The van der Waals surface area contributed by atoms with Crippen molar-refractivity contribution in [1.82, 2.24) is 5.32 Å². The number of unbranched alkanes of at least 4 members (excludes halogenated alkanes) is 3. The number of carbonyl (C=O) groups excluding carboxylic acids is 3. The maximum absolute atomic E-state index is 13.2. The van der Waals surface area contributed by atoms with Crippen molar-refractivity contribution in [3.05, 3.63) is 58.1 Å². The fraction of sp³-hybridized carbons (Fsp3) is 0.346. The highest BCUT2D eigenvalue weighted by Gasteiger charge is 2.37. The predicted molar refractivity (Wildman–Crippen MR) is 132 cm³/mol. The number of nitrogens with one attached hydrogen (secondary N) is 1. The number of aryl methyl sites for hydroxylation is 1. The number of hydrogen-bond acceptors (Lipinski definition) is 5.